The van der Waals surface area contributed by atoms with Crippen LogP contribution in [0.3, 0.4) is 0 Å². The number of nitrogens with one attached hydrogen (secondary N) is 1. The molecule has 0 spiro atoms. The van der Waals surface area contributed by atoms with Gasteiger partial charge in [0.25, 0.3) is 5.91 Å². The number of ether oxygens (including phenoxy) is 1. The number of benzene rings is 1. The number of esters is 1. The first-order valence-electron chi connectivity index (χ1n) is 8.12. The molecule has 2 rings (SSSR count). The van der Waals surface area contributed by atoms with Crippen LogP contribution in [0.1, 0.15) is 32.1 Å². The molecule has 0 radical (unpaired) electrons. The van der Waals surface area contributed by atoms with E-state index in [0.29, 0.717) is 6.54 Å². The molecular formula is C18H22FNO3S. The molecule has 0 atom stereocenters. The minimum Gasteiger partial charge on any atom is -0.455 e. The third-order valence-corrected chi connectivity index (χ3v) is 4.67. The molecule has 0 bridgehead atoms. The summed E-state index contributed by atoms with van der Waals surface area (Å²) in [4.78, 5) is 24.0. The van der Waals surface area contributed by atoms with Gasteiger partial charge in [-0.25, -0.2) is 4.39 Å². The van der Waals surface area contributed by atoms with Gasteiger partial charge in [-0.15, -0.1) is 11.8 Å². The van der Waals surface area contributed by atoms with E-state index < -0.39 is 5.97 Å². The zero-order valence-electron chi connectivity index (χ0n) is 13.6. The van der Waals surface area contributed by atoms with Crippen molar-refractivity contribution in [2.75, 3.05) is 18.9 Å². The van der Waals surface area contributed by atoms with E-state index in [2.05, 4.69) is 11.4 Å². The maximum absolute atomic E-state index is 12.8. The maximum atomic E-state index is 12.8. The van der Waals surface area contributed by atoms with Gasteiger partial charge in [0.05, 0.1) is 5.75 Å². The molecular weight excluding hydrogens is 329 g/mol. The van der Waals surface area contributed by atoms with E-state index in [1.807, 2.05) is 0 Å². The van der Waals surface area contributed by atoms with Crippen LogP contribution in [0.5, 0.6) is 0 Å². The molecule has 130 valence electrons. The first-order chi connectivity index (χ1) is 11.6. The zero-order valence-corrected chi connectivity index (χ0v) is 14.4. The highest BCUT2D eigenvalue weighted by Gasteiger charge is 2.09. The summed E-state index contributed by atoms with van der Waals surface area (Å²) >= 11 is 1.25. The molecule has 0 unspecified atom stereocenters. The van der Waals surface area contributed by atoms with E-state index >= 15 is 0 Å². The van der Waals surface area contributed by atoms with Crippen molar-refractivity contribution in [3.63, 3.8) is 0 Å². The predicted octanol–water partition coefficient (Wildman–Crippen LogP) is 3.47. The molecule has 0 aliphatic heterocycles. The fourth-order valence-electron chi connectivity index (χ4n) is 2.41. The molecule has 0 heterocycles. The Morgan fingerprint density at radius 1 is 1.21 bits per heavy atom. The van der Waals surface area contributed by atoms with Crippen LogP contribution in [0, 0.1) is 5.82 Å². The van der Waals surface area contributed by atoms with Gasteiger partial charge in [0.2, 0.25) is 0 Å². The third-order valence-electron chi connectivity index (χ3n) is 3.69. The van der Waals surface area contributed by atoms with Crippen molar-refractivity contribution in [3.05, 3.63) is 41.7 Å². The Bertz CT molecular complexity index is 586. The Labute approximate surface area is 145 Å². The molecule has 4 nitrogen and oxygen atoms in total. The van der Waals surface area contributed by atoms with Gasteiger partial charge < -0.3 is 10.1 Å². The van der Waals surface area contributed by atoms with Crippen molar-refractivity contribution in [2.24, 2.45) is 0 Å². The molecule has 0 aromatic heterocycles. The summed E-state index contributed by atoms with van der Waals surface area (Å²) in [6.07, 6.45) is 7.84. The van der Waals surface area contributed by atoms with Crippen LogP contribution in [0.2, 0.25) is 0 Å². The Kier molecular flexibility index (Phi) is 7.82. The fraction of sp³-hybridized carbons (Fsp3) is 0.444. The lowest BCUT2D eigenvalue weighted by Gasteiger charge is -2.13. The number of halogens is 1. The molecule has 24 heavy (non-hydrogen) atoms. The van der Waals surface area contributed by atoms with Crippen molar-refractivity contribution < 1.29 is 18.7 Å². The number of hydrogen-bond donors (Lipinski definition) is 1. The smallest absolute Gasteiger partial charge is 0.316 e. The Morgan fingerprint density at radius 2 is 2.00 bits per heavy atom. The first kappa shape index (κ1) is 18.5. The molecule has 1 aromatic carbocycles. The molecule has 1 aliphatic carbocycles. The summed E-state index contributed by atoms with van der Waals surface area (Å²) in [5.41, 5.74) is 1.40. The van der Waals surface area contributed by atoms with E-state index in [0.717, 1.165) is 24.2 Å². The summed E-state index contributed by atoms with van der Waals surface area (Å²) < 4.78 is 17.7. The minimum absolute atomic E-state index is 0.0891. The largest absolute Gasteiger partial charge is 0.455 e. The number of hydrogen-bond acceptors (Lipinski definition) is 4. The van der Waals surface area contributed by atoms with Crippen molar-refractivity contribution >= 4 is 23.6 Å². The summed E-state index contributed by atoms with van der Waals surface area (Å²) in [6, 6.07) is 5.87. The number of thioether (sulfide) groups is 1. The number of amides is 1. The van der Waals surface area contributed by atoms with E-state index in [1.54, 1.807) is 12.1 Å². The van der Waals surface area contributed by atoms with E-state index in [9.17, 15) is 14.0 Å². The Morgan fingerprint density at radius 3 is 2.71 bits per heavy atom. The topological polar surface area (TPSA) is 55.4 Å². The first-order valence-corrected chi connectivity index (χ1v) is 9.10. The van der Waals surface area contributed by atoms with Gasteiger partial charge >= 0.3 is 5.97 Å². The molecule has 1 aliphatic rings. The minimum atomic E-state index is -0.463. The highest BCUT2D eigenvalue weighted by Crippen LogP contribution is 2.19. The number of carbonyl (C=O) groups excluding carboxylic acids is 2. The van der Waals surface area contributed by atoms with E-state index in [-0.39, 0.29) is 24.1 Å². The van der Waals surface area contributed by atoms with Gasteiger partial charge in [-0.3, -0.25) is 9.59 Å². The summed E-state index contributed by atoms with van der Waals surface area (Å²) in [5, 5.41) is 2.76. The van der Waals surface area contributed by atoms with Crippen LogP contribution in [0.4, 0.5) is 4.39 Å². The van der Waals surface area contributed by atoms with Gasteiger partial charge in [0.15, 0.2) is 6.61 Å². The van der Waals surface area contributed by atoms with Gasteiger partial charge in [-0.05, 0) is 56.4 Å². The SMILES string of the molecule is O=C(COC(=O)CSc1ccc(F)cc1)NCCC1=CCCCC1. The van der Waals surface area contributed by atoms with Crippen LogP contribution in [0.25, 0.3) is 0 Å². The van der Waals surface area contributed by atoms with Crippen LogP contribution < -0.4 is 5.32 Å². The second-order valence-electron chi connectivity index (χ2n) is 5.61. The lowest BCUT2D eigenvalue weighted by molar-refractivity contribution is -0.145. The Balaban J connectivity index is 1.56. The maximum Gasteiger partial charge on any atom is 0.316 e. The van der Waals surface area contributed by atoms with Crippen molar-refractivity contribution in [2.45, 2.75) is 37.0 Å². The molecule has 0 saturated heterocycles. The van der Waals surface area contributed by atoms with Crippen molar-refractivity contribution in [3.8, 4) is 0 Å². The van der Waals surface area contributed by atoms with Crippen LogP contribution in [-0.2, 0) is 14.3 Å². The molecule has 6 heteroatoms. The predicted molar refractivity (Wildman–Crippen MR) is 92.3 cm³/mol. The summed E-state index contributed by atoms with van der Waals surface area (Å²) in [7, 11) is 0. The molecule has 1 amide bonds. The average molecular weight is 351 g/mol. The number of carbonyl (C=O) groups is 2. The van der Waals surface area contributed by atoms with E-state index in [1.165, 1.54) is 42.3 Å². The van der Waals surface area contributed by atoms with Crippen LogP contribution >= 0.6 is 11.8 Å². The standard InChI is InChI=1S/C18H22FNO3S/c19-15-6-8-16(9-7-15)24-13-18(22)23-12-17(21)20-11-10-14-4-2-1-3-5-14/h4,6-9H,1-3,5,10-13H2,(H,20,21). The quantitative estimate of drug-likeness (QED) is 0.443. The van der Waals surface area contributed by atoms with Crippen molar-refractivity contribution in [1.29, 1.82) is 0 Å². The van der Waals surface area contributed by atoms with Gasteiger partial charge in [-0.2, -0.15) is 0 Å². The number of allylic oxidation sites excluding steroid dienone is 1. The lowest BCUT2D eigenvalue weighted by atomic mass is 9.97. The zero-order chi connectivity index (χ0) is 17.2. The van der Waals surface area contributed by atoms with Crippen LogP contribution in [-0.4, -0.2) is 30.8 Å². The normalized spacial score (nSPS) is 14.0. The highest BCUT2D eigenvalue weighted by atomic mass is 32.2. The second kappa shape index (κ2) is 10.1. The second-order valence-corrected chi connectivity index (χ2v) is 6.66. The van der Waals surface area contributed by atoms with Gasteiger partial charge in [0.1, 0.15) is 5.82 Å². The molecule has 1 N–H and O–H groups in total. The van der Waals surface area contributed by atoms with Gasteiger partial charge in [-0.1, -0.05) is 11.6 Å². The Hall–Kier alpha value is -1.82. The average Bonchev–Trinajstić information content (AvgIpc) is 2.60. The van der Waals surface area contributed by atoms with Gasteiger partial charge in [0, 0.05) is 11.4 Å². The van der Waals surface area contributed by atoms with Crippen molar-refractivity contribution in [1.82, 2.24) is 5.32 Å². The lowest BCUT2D eigenvalue weighted by Crippen LogP contribution is -2.30. The number of rotatable bonds is 8. The van der Waals surface area contributed by atoms with E-state index in [4.69, 9.17) is 4.74 Å². The highest BCUT2D eigenvalue weighted by molar-refractivity contribution is 8.00. The summed E-state index contributed by atoms with van der Waals surface area (Å²) in [5.74, 6) is -0.977. The fourth-order valence-corrected chi connectivity index (χ4v) is 3.10. The third kappa shape index (κ3) is 7.17. The van der Waals surface area contributed by atoms with Crippen LogP contribution in [0.15, 0.2) is 40.8 Å². The molecule has 0 saturated carbocycles. The summed E-state index contributed by atoms with van der Waals surface area (Å²) in [6.45, 7) is 0.314. The molecule has 1 aromatic rings. The molecule has 0 fully saturated rings. The monoisotopic (exact) mass is 351 g/mol.